The Morgan fingerprint density at radius 2 is 2.18 bits per heavy atom. The molecule has 0 aliphatic rings. The van der Waals surface area contributed by atoms with E-state index in [2.05, 4.69) is 10.4 Å². The van der Waals surface area contributed by atoms with Crippen molar-refractivity contribution in [1.82, 2.24) is 15.1 Å². The fourth-order valence-corrected chi connectivity index (χ4v) is 1.93. The molecular formula is C12H21N3O2. The quantitative estimate of drug-likeness (QED) is 0.750. The third-order valence-corrected chi connectivity index (χ3v) is 3.25. The Morgan fingerprint density at radius 1 is 1.53 bits per heavy atom. The van der Waals surface area contributed by atoms with Gasteiger partial charge in [0.15, 0.2) is 0 Å². The molecule has 0 fully saturated rings. The molecule has 0 unspecified atom stereocenters. The number of hydrogen-bond donors (Lipinski definition) is 2. The number of carboxylic acid groups (broad SMARTS) is 1. The van der Waals surface area contributed by atoms with Crippen molar-refractivity contribution >= 4 is 5.97 Å². The molecule has 0 radical (unpaired) electrons. The predicted octanol–water partition coefficient (Wildman–Crippen LogP) is 1.20. The van der Waals surface area contributed by atoms with E-state index in [0.717, 1.165) is 12.0 Å². The second-order valence-electron chi connectivity index (χ2n) is 4.29. The molecule has 0 aliphatic carbocycles. The Morgan fingerprint density at radius 3 is 2.59 bits per heavy atom. The molecule has 0 aromatic carbocycles. The fraction of sp³-hybridized carbons (Fsp3) is 0.667. The number of rotatable bonds is 7. The summed E-state index contributed by atoms with van der Waals surface area (Å²) in [5.41, 5.74) is 0.328. The van der Waals surface area contributed by atoms with E-state index in [1.807, 2.05) is 33.3 Å². The fourth-order valence-electron chi connectivity index (χ4n) is 1.93. The topological polar surface area (TPSA) is 67.2 Å². The van der Waals surface area contributed by atoms with Crippen LogP contribution in [0.25, 0.3) is 0 Å². The first-order chi connectivity index (χ1) is 8.04. The highest BCUT2D eigenvalue weighted by atomic mass is 16.4. The van der Waals surface area contributed by atoms with Gasteiger partial charge in [0.2, 0.25) is 0 Å². The summed E-state index contributed by atoms with van der Waals surface area (Å²) in [5.74, 6) is -0.770. The highest BCUT2D eigenvalue weighted by Crippen LogP contribution is 2.15. The normalized spacial score (nSPS) is 11.7. The minimum Gasteiger partial charge on any atom is -0.480 e. The number of aryl methyl sites for hydroxylation is 1. The Kier molecular flexibility index (Phi) is 4.69. The highest BCUT2D eigenvalue weighted by Gasteiger charge is 2.33. The van der Waals surface area contributed by atoms with Gasteiger partial charge in [0, 0.05) is 19.8 Å². The average Bonchev–Trinajstić information content (AvgIpc) is 2.70. The lowest BCUT2D eigenvalue weighted by Crippen LogP contribution is -2.51. The smallest absolute Gasteiger partial charge is 0.323 e. The minimum absolute atomic E-state index is 0.589. The molecule has 5 nitrogen and oxygen atoms in total. The van der Waals surface area contributed by atoms with Crippen LogP contribution in [0.15, 0.2) is 12.4 Å². The largest absolute Gasteiger partial charge is 0.480 e. The third kappa shape index (κ3) is 3.30. The predicted molar refractivity (Wildman–Crippen MR) is 65.9 cm³/mol. The van der Waals surface area contributed by atoms with Crippen molar-refractivity contribution in [3.8, 4) is 0 Å². The maximum atomic E-state index is 11.3. The van der Waals surface area contributed by atoms with Gasteiger partial charge < -0.3 is 10.4 Å². The van der Waals surface area contributed by atoms with Crippen LogP contribution in [0.1, 0.15) is 32.3 Å². The van der Waals surface area contributed by atoms with Gasteiger partial charge in [-0.15, -0.1) is 0 Å². The van der Waals surface area contributed by atoms with E-state index >= 15 is 0 Å². The van der Waals surface area contributed by atoms with Crippen molar-refractivity contribution in [2.75, 3.05) is 6.54 Å². The van der Waals surface area contributed by atoms with Crippen molar-refractivity contribution in [3.05, 3.63) is 18.0 Å². The Bertz CT molecular complexity index is 370. The molecule has 1 aromatic heterocycles. The standard InChI is InChI=1S/C12H21N3O2/c1-4-12(5-2,11(16)17)13-7-6-10-8-14-15(3)9-10/h8-9,13H,4-7H2,1-3H3,(H,16,17). The summed E-state index contributed by atoms with van der Waals surface area (Å²) in [7, 11) is 1.87. The molecule has 0 saturated carbocycles. The number of aliphatic carboxylic acids is 1. The van der Waals surface area contributed by atoms with Gasteiger partial charge in [-0.2, -0.15) is 5.10 Å². The van der Waals surface area contributed by atoms with E-state index in [-0.39, 0.29) is 0 Å². The molecule has 0 aliphatic heterocycles. The zero-order valence-corrected chi connectivity index (χ0v) is 10.7. The van der Waals surface area contributed by atoms with Crippen LogP contribution in [0.2, 0.25) is 0 Å². The number of carboxylic acids is 1. The van der Waals surface area contributed by atoms with Crippen molar-refractivity contribution in [2.45, 2.75) is 38.6 Å². The molecule has 0 atom stereocenters. The first-order valence-electron chi connectivity index (χ1n) is 6.00. The maximum absolute atomic E-state index is 11.3. The van der Waals surface area contributed by atoms with E-state index in [0.29, 0.717) is 19.4 Å². The summed E-state index contributed by atoms with van der Waals surface area (Å²) < 4.78 is 1.75. The van der Waals surface area contributed by atoms with Crippen LogP contribution in [-0.2, 0) is 18.3 Å². The highest BCUT2D eigenvalue weighted by molar-refractivity contribution is 5.78. The van der Waals surface area contributed by atoms with E-state index in [1.165, 1.54) is 0 Å². The molecule has 0 amide bonds. The van der Waals surface area contributed by atoms with Crippen molar-refractivity contribution in [2.24, 2.45) is 7.05 Å². The van der Waals surface area contributed by atoms with Gasteiger partial charge in [-0.3, -0.25) is 9.48 Å². The molecule has 1 rings (SSSR count). The molecule has 0 bridgehead atoms. The van der Waals surface area contributed by atoms with Gasteiger partial charge in [0.25, 0.3) is 0 Å². The lowest BCUT2D eigenvalue weighted by Gasteiger charge is -2.28. The SMILES string of the molecule is CCC(CC)(NCCc1cnn(C)c1)C(=O)O. The molecular weight excluding hydrogens is 218 g/mol. The lowest BCUT2D eigenvalue weighted by atomic mass is 9.93. The minimum atomic E-state index is -0.789. The van der Waals surface area contributed by atoms with Crippen molar-refractivity contribution in [1.29, 1.82) is 0 Å². The Hall–Kier alpha value is -1.36. The molecule has 96 valence electrons. The summed E-state index contributed by atoms with van der Waals surface area (Å²) in [5, 5.41) is 16.5. The summed E-state index contributed by atoms with van der Waals surface area (Å²) in [6.07, 6.45) is 5.73. The molecule has 5 heteroatoms. The zero-order chi connectivity index (χ0) is 12.9. The van der Waals surface area contributed by atoms with Gasteiger partial charge in [-0.1, -0.05) is 13.8 Å². The molecule has 2 N–H and O–H groups in total. The zero-order valence-electron chi connectivity index (χ0n) is 10.7. The second kappa shape index (κ2) is 5.82. The summed E-state index contributed by atoms with van der Waals surface area (Å²) >= 11 is 0. The maximum Gasteiger partial charge on any atom is 0.323 e. The van der Waals surface area contributed by atoms with Gasteiger partial charge in [0.1, 0.15) is 5.54 Å². The molecule has 0 spiro atoms. The Labute approximate surface area is 102 Å². The van der Waals surface area contributed by atoms with Crippen molar-refractivity contribution in [3.63, 3.8) is 0 Å². The first kappa shape index (κ1) is 13.7. The second-order valence-corrected chi connectivity index (χ2v) is 4.29. The molecule has 1 aromatic rings. The van der Waals surface area contributed by atoms with E-state index in [9.17, 15) is 9.90 Å². The summed E-state index contributed by atoms with van der Waals surface area (Å²) in [6.45, 7) is 4.45. The number of hydrogen-bond acceptors (Lipinski definition) is 3. The van der Waals surface area contributed by atoms with Gasteiger partial charge in [-0.25, -0.2) is 0 Å². The van der Waals surface area contributed by atoms with Gasteiger partial charge >= 0.3 is 5.97 Å². The number of nitrogens with zero attached hydrogens (tertiary/aromatic N) is 2. The van der Waals surface area contributed by atoms with Crippen LogP contribution in [0, 0.1) is 0 Å². The average molecular weight is 239 g/mol. The lowest BCUT2D eigenvalue weighted by molar-refractivity contribution is -0.145. The van der Waals surface area contributed by atoms with Crippen LogP contribution in [-0.4, -0.2) is 32.9 Å². The monoisotopic (exact) mass is 239 g/mol. The number of aromatic nitrogens is 2. The van der Waals surface area contributed by atoms with E-state index in [1.54, 1.807) is 4.68 Å². The van der Waals surface area contributed by atoms with E-state index in [4.69, 9.17) is 0 Å². The summed E-state index contributed by atoms with van der Waals surface area (Å²) in [6, 6.07) is 0. The number of carbonyl (C=O) groups is 1. The van der Waals surface area contributed by atoms with Crippen LogP contribution in [0.3, 0.4) is 0 Å². The van der Waals surface area contributed by atoms with E-state index < -0.39 is 11.5 Å². The molecule has 17 heavy (non-hydrogen) atoms. The number of nitrogens with one attached hydrogen (secondary N) is 1. The van der Waals surface area contributed by atoms with Crippen molar-refractivity contribution < 1.29 is 9.90 Å². The summed E-state index contributed by atoms with van der Waals surface area (Å²) in [4.78, 5) is 11.3. The molecule has 0 saturated heterocycles. The Balaban J connectivity index is 2.50. The van der Waals surface area contributed by atoms with Crippen LogP contribution < -0.4 is 5.32 Å². The van der Waals surface area contributed by atoms with Gasteiger partial charge in [0.05, 0.1) is 6.20 Å². The van der Waals surface area contributed by atoms with Gasteiger partial charge in [-0.05, 0) is 24.8 Å². The van der Waals surface area contributed by atoms with Crippen LogP contribution in [0.5, 0.6) is 0 Å². The first-order valence-corrected chi connectivity index (χ1v) is 6.00. The van der Waals surface area contributed by atoms with Crippen LogP contribution in [0.4, 0.5) is 0 Å². The van der Waals surface area contributed by atoms with Crippen LogP contribution >= 0.6 is 0 Å². The molecule has 1 heterocycles. The third-order valence-electron chi connectivity index (χ3n) is 3.25.